The van der Waals surface area contributed by atoms with E-state index >= 15 is 0 Å². The van der Waals surface area contributed by atoms with E-state index in [1.165, 1.54) is 30.8 Å². The van der Waals surface area contributed by atoms with Crippen molar-refractivity contribution < 1.29 is 0 Å². The Kier molecular flexibility index (Phi) is 4.86. The van der Waals surface area contributed by atoms with Crippen molar-refractivity contribution in [3.05, 3.63) is 21.3 Å². The smallest absolute Gasteiger partial charge is 0.0931 e. The fraction of sp³-hybridized carbons (Fsp3) is 0.692. The zero-order valence-electron chi connectivity index (χ0n) is 10.4. The van der Waals surface area contributed by atoms with Crippen LogP contribution in [0.25, 0.3) is 0 Å². The summed E-state index contributed by atoms with van der Waals surface area (Å²) in [6, 6.07) is 4.65. The van der Waals surface area contributed by atoms with Crippen LogP contribution in [-0.2, 0) is 0 Å². The predicted octanol–water partition coefficient (Wildman–Crippen LogP) is 3.52. The molecule has 2 rings (SSSR count). The van der Waals surface area contributed by atoms with Crippen molar-refractivity contribution in [2.45, 2.75) is 32.2 Å². The number of thiophene rings is 1. The van der Waals surface area contributed by atoms with Crippen LogP contribution in [0.15, 0.2) is 12.1 Å². The standard InChI is InChI=1S/C13H21ClN2S/c1-10(12-4-5-13(14)17-12)16-8-2-3-11(9-16)6-7-15/h4-5,10-11H,2-3,6-9,15H2,1H3. The summed E-state index contributed by atoms with van der Waals surface area (Å²) >= 11 is 7.71. The summed E-state index contributed by atoms with van der Waals surface area (Å²) in [6.45, 7) is 5.50. The normalized spacial score (nSPS) is 23.8. The highest BCUT2D eigenvalue weighted by Gasteiger charge is 2.24. The van der Waals surface area contributed by atoms with Crippen molar-refractivity contribution in [2.75, 3.05) is 19.6 Å². The summed E-state index contributed by atoms with van der Waals surface area (Å²) in [5.41, 5.74) is 5.66. The first kappa shape index (κ1) is 13.3. The van der Waals surface area contributed by atoms with Gasteiger partial charge in [-0.25, -0.2) is 0 Å². The summed E-state index contributed by atoms with van der Waals surface area (Å²) in [5, 5.41) is 0. The van der Waals surface area contributed by atoms with Crippen LogP contribution in [0.3, 0.4) is 0 Å². The van der Waals surface area contributed by atoms with Crippen LogP contribution in [-0.4, -0.2) is 24.5 Å². The molecular formula is C13H21ClN2S. The van der Waals surface area contributed by atoms with E-state index in [9.17, 15) is 0 Å². The number of likely N-dealkylation sites (tertiary alicyclic amines) is 1. The lowest BCUT2D eigenvalue weighted by atomic mass is 9.94. The number of nitrogens with two attached hydrogens (primary N) is 1. The molecule has 1 saturated heterocycles. The van der Waals surface area contributed by atoms with Crippen LogP contribution in [0.1, 0.15) is 37.1 Å². The molecular weight excluding hydrogens is 252 g/mol. The van der Waals surface area contributed by atoms with Gasteiger partial charge in [-0.05, 0) is 57.3 Å². The molecule has 2 N–H and O–H groups in total. The topological polar surface area (TPSA) is 29.3 Å². The van der Waals surface area contributed by atoms with E-state index in [4.69, 9.17) is 17.3 Å². The van der Waals surface area contributed by atoms with Gasteiger partial charge in [0.2, 0.25) is 0 Å². The molecule has 0 spiro atoms. The first-order valence-electron chi connectivity index (χ1n) is 6.40. The average Bonchev–Trinajstić information content (AvgIpc) is 2.76. The summed E-state index contributed by atoms with van der Waals surface area (Å²) in [6.07, 6.45) is 3.80. The van der Waals surface area contributed by atoms with Crippen LogP contribution in [0.5, 0.6) is 0 Å². The number of halogens is 1. The van der Waals surface area contributed by atoms with Crippen molar-refractivity contribution >= 4 is 22.9 Å². The number of piperidine rings is 1. The molecule has 4 heteroatoms. The molecule has 2 atom stereocenters. The van der Waals surface area contributed by atoms with Gasteiger partial charge in [-0.15, -0.1) is 11.3 Å². The van der Waals surface area contributed by atoms with Crippen molar-refractivity contribution in [1.29, 1.82) is 0 Å². The maximum absolute atomic E-state index is 6.01. The van der Waals surface area contributed by atoms with E-state index in [0.717, 1.165) is 23.2 Å². The van der Waals surface area contributed by atoms with E-state index in [2.05, 4.69) is 17.9 Å². The minimum atomic E-state index is 0.494. The third-order valence-electron chi connectivity index (χ3n) is 3.68. The molecule has 1 aliphatic heterocycles. The molecule has 1 aromatic heterocycles. The quantitative estimate of drug-likeness (QED) is 0.909. The molecule has 1 fully saturated rings. The molecule has 0 bridgehead atoms. The van der Waals surface area contributed by atoms with Gasteiger partial charge >= 0.3 is 0 Å². The van der Waals surface area contributed by atoms with Gasteiger partial charge in [-0.1, -0.05) is 11.6 Å². The second kappa shape index (κ2) is 6.19. The lowest BCUT2D eigenvalue weighted by Gasteiger charge is -2.36. The highest BCUT2D eigenvalue weighted by Crippen LogP contribution is 2.33. The Bertz CT molecular complexity index is 351. The van der Waals surface area contributed by atoms with E-state index in [-0.39, 0.29) is 0 Å². The predicted molar refractivity (Wildman–Crippen MR) is 75.7 cm³/mol. The van der Waals surface area contributed by atoms with Gasteiger partial charge in [0, 0.05) is 17.5 Å². The minimum Gasteiger partial charge on any atom is -0.330 e. The van der Waals surface area contributed by atoms with Crippen molar-refractivity contribution in [3.63, 3.8) is 0 Å². The number of hydrogen-bond acceptors (Lipinski definition) is 3. The van der Waals surface area contributed by atoms with Gasteiger partial charge in [0.1, 0.15) is 0 Å². The Labute approximate surface area is 113 Å². The third-order valence-corrected chi connectivity index (χ3v) is 5.08. The Morgan fingerprint density at radius 1 is 1.59 bits per heavy atom. The molecule has 0 radical (unpaired) electrons. The average molecular weight is 273 g/mol. The fourth-order valence-electron chi connectivity index (χ4n) is 2.65. The van der Waals surface area contributed by atoms with Crippen LogP contribution in [0, 0.1) is 5.92 Å². The summed E-state index contributed by atoms with van der Waals surface area (Å²) in [7, 11) is 0. The number of rotatable bonds is 4. The molecule has 2 heterocycles. The van der Waals surface area contributed by atoms with Gasteiger partial charge < -0.3 is 5.73 Å². The van der Waals surface area contributed by atoms with Crippen LogP contribution < -0.4 is 5.73 Å². The molecule has 1 aliphatic rings. The van der Waals surface area contributed by atoms with Crippen LogP contribution in [0.4, 0.5) is 0 Å². The SMILES string of the molecule is CC(c1ccc(Cl)s1)N1CCCC(CCN)C1. The Balaban J connectivity index is 1.97. The Hall–Kier alpha value is -0.0900. The van der Waals surface area contributed by atoms with E-state index in [1.807, 2.05) is 6.07 Å². The zero-order valence-corrected chi connectivity index (χ0v) is 11.9. The van der Waals surface area contributed by atoms with Crippen molar-refractivity contribution in [2.24, 2.45) is 11.7 Å². The molecule has 0 aliphatic carbocycles. The highest BCUT2D eigenvalue weighted by molar-refractivity contribution is 7.16. The molecule has 17 heavy (non-hydrogen) atoms. The van der Waals surface area contributed by atoms with Gasteiger partial charge in [0.05, 0.1) is 4.34 Å². The maximum atomic E-state index is 6.01. The molecule has 0 amide bonds. The van der Waals surface area contributed by atoms with Gasteiger partial charge in [0.15, 0.2) is 0 Å². The monoisotopic (exact) mass is 272 g/mol. The number of hydrogen-bond donors (Lipinski definition) is 1. The molecule has 2 unspecified atom stereocenters. The lowest BCUT2D eigenvalue weighted by Crippen LogP contribution is -2.37. The molecule has 96 valence electrons. The zero-order chi connectivity index (χ0) is 12.3. The first-order valence-corrected chi connectivity index (χ1v) is 7.59. The lowest BCUT2D eigenvalue weighted by molar-refractivity contribution is 0.130. The van der Waals surface area contributed by atoms with Crippen LogP contribution in [0.2, 0.25) is 4.34 Å². The molecule has 0 aromatic carbocycles. The second-order valence-corrected chi connectivity index (χ2v) is 6.65. The third kappa shape index (κ3) is 3.44. The van der Waals surface area contributed by atoms with E-state index < -0.39 is 0 Å². The Morgan fingerprint density at radius 3 is 3.06 bits per heavy atom. The molecule has 0 saturated carbocycles. The maximum Gasteiger partial charge on any atom is 0.0931 e. The highest BCUT2D eigenvalue weighted by atomic mass is 35.5. The largest absolute Gasteiger partial charge is 0.330 e. The molecule has 1 aromatic rings. The van der Waals surface area contributed by atoms with E-state index in [0.29, 0.717) is 6.04 Å². The minimum absolute atomic E-state index is 0.494. The molecule has 2 nitrogen and oxygen atoms in total. The Morgan fingerprint density at radius 2 is 2.41 bits per heavy atom. The van der Waals surface area contributed by atoms with E-state index in [1.54, 1.807) is 11.3 Å². The second-order valence-electron chi connectivity index (χ2n) is 4.90. The van der Waals surface area contributed by atoms with Crippen LogP contribution >= 0.6 is 22.9 Å². The van der Waals surface area contributed by atoms with Gasteiger partial charge in [-0.3, -0.25) is 4.90 Å². The van der Waals surface area contributed by atoms with Crippen molar-refractivity contribution in [1.82, 2.24) is 4.90 Å². The van der Waals surface area contributed by atoms with Gasteiger partial charge in [0.25, 0.3) is 0 Å². The van der Waals surface area contributed by atoms with Crippen molar-refractivity contribution in [3.8, 4) is 0 Å². The first-order chi connectivity index (χ1) is 8.20. The fourth-order valence-corrected chi connectivity index (χ4v) is 3.80. The van der Waals surface area contributed by atoms with Gasteiger partial charge in [-0.2, -0.15) is 0 Å². The number of nitrogens with zero attached hydrogens (tertiary/aromatic N) is 1. The summed E-state index contributed by atoms with van der Waals surface area (Å²) < 4.78 is 0.891. The summed E-state index contributed by atoms with van der Waals surface area (Å²) in [5.74, 6) is 0.784. The summed E-state index contributed by atoms with van der Waals surface area (Å²) in [4.78, 5) is 3.95.